The molecule has 2 heteroatoms. The van der Waals surface area contributed by atoms with Crippen LogP contribution in [0.5, 0.6) is 0 Å². The third-order valence-electron chi connectivity index (χ3n) is 10.2. The third-order valence-corrected chi connectivity index (χ3v) is 10.2. The van der Waals surface area contributed by atoms with Crippen LogP contribution in [-0.2, 0) is 0 Å². The first-order valence-electron chi connectivity index (χ1n) is 16.0. The summed E-state index contributed by atoms with van der Waals surface area (Å²) in [6.45, 7) is 0. The van der Waals surface area contributed by atoms with Gasteiger partial charge in [0.05, 0.1) is 22.1 Å². The molecular weight excluding hydrogens is 556 g/mol. The van der Waals surface area contributed by atoms with E-state index in [1.54, 1.807) is 0 Å². The molecule has 0 fully saturated rings. The monoisotopic (exact) mass is 582 g/mol. The summed E-state index contributed by atoms with van der Waals surface area (Å²) in [5.41, 5.74) is 12.6. The van der Waals surface area contributed by atoms with Gasteiger partial charge in [0.1, 0.15) is 0 Å². The van der Waals surface area contributed by atoms with Gasteiger partial charge in [-0.3, -0.25) is 0 Å². The third kappa shape index (κ3) is 3.01. The summed E-state index contributed by atoms with van der Waals surface area (Å²) in [6, 6.07) is 58.2. The number of rotatable bonds is 2. The molecule has 46 heavy (non-hydrogen) atoms. The minimum Gasteiger partial charge on any atom is -0.309 e. The number of nitrogens with zero attached hydrogens (tertiary/aromatic N) is 2. The first-order valence-corrected chi connectivity index (χ1v) is 16.0. The Hall–Kier alpha value is -6.12. The second kappa shape index (κ2) is 8.74. The van der Waals surface area contributed by atoms with Crippen molar-refractivity contribution >= 4 is 65.2 Å². The zero-order chi connectivity index (χ0) is 29.9. The zero-order valence-electron chi connectivity index (χ0n) is 24.9. The van der Waals surface area contributed by atoms with Crippen molar-refractivity contribution in [3.05, 3.63) is 158 Å². The van der Waals surface area contributed by atoms with Crippen LogP contribution in [-0.4, -0.2) is 9.13 Å². The fraction of sp³-hybridized carbons (Fsp3) is 0. The highest BCUT2D eigenvalue weighted by Crippen LogP contribution is 2.52. The molecular formula is C44H26N2. The topological polar surface area (TPSA) is 9.86 Å². The highest BCUT2D eigenvalue weighted by Gasteiger charge is 2.27. The lowest BCUT2D eigenvalue weighted by atomic mass is 10.00. The van der Waals surface area contributed by atoms with Gasteiger partial charge in [0.2, 0.25) is 0 Å². The molecule has 0 bridgehead atoms. The smallest absolute Gasteiger partial charge is 0.0625 e. The molecule has 2 aromatic heterocycles. The van der Waals surface area contributed by atoms with Crippen LogP contribution < -0.4 is 0 Å². The average molecular weight is 583 g/mol. The summed E-state index contributed by atoms with van der Waals surface area (Å²) < 4.78 is 4.96. The SMILES string of the molecule is c1ccc(-n2c3ccc(-n4c5ccccc5c5ccc6c(c54)-c4cccc5cccc-6c45)cc3c3ccc4ccccc4c32)cc1. The van der Waals surface area contributed by atoms with Crippen molar-refractivity contribution < 1.29 is 0 Å². The molecule has 2 heterocycles. The molecule has 8 aromatic carbocycles. The van der Waals surface area contributed by atoms with Gasteiger partial charge in [0, 0.05) is 43.9 Å². The molecule has 0 aliphatic heterocycles. The normalized spacial score (nSPS) is 12.3. The molecule has 0 N–H and O–H groups in total. The van der Waals surface area contributed by atoms with E-state index < -0.39 is 0 Å². The van der Waals surface area contributed by atoms with Gasteiger partial charge in [-0.25, -0.2) is 0 Å². The molecule has 0 amide bonds. The predicted molar refractivity (Wildman–Crippen MR) is 195 cm³/mol. The highest BCUT2D eigenvalue weighted by molar-refractivity contribution is 6.25. The van der Waals surface area contributed by atoms with E-state index in [0.717, 1.165) is 0 Å². The van der Waals surface area contributed by atoms with Crippen LogP contribution in [0.2, 0.25) is 0 Å². The molecule has 0 saturated heterocycles. The molecule has 10 aromatic rings. The van der Waals surface area contributed by atoms with E-state index in [1.165, 1.54) is 98.8 Å². The Morgan fingerprint density at radius 2 is 1.00 bits per heavy atom. The largest absolute Gasteiger partial charge is 0.309 e. The van der Waals surface area contributed by atoms with Crippen LogP contribution in [0.3, 0.4) is 0 Å². The van der Waals surface area contributed by atoms with Crippen LogP contribution >= 0.6 is 0 Å². The highest BCUT2D eigenvalue weighted by atomic mass is 15.0. The van der Waals surface area contributed by atoms with Gasteiger partial charge in [-0.15, -0.1) is 0 Å². The quantitative estimate of drug-likeness (QED) is 0.192. The van der Waals surface area contributed by atoms with E-state index in [2.05, 4.69) is 167 Å². The Labute approximate surface area is 265 Å². The van der Waals surface area contributed by atoms with Crippen molar-refractivity contribution in [1.82, 2.24) is 9.13 Å². The Morgan fingerprint density at radius 3 is 1.89 bits per heavy atom. The van der Waals surface area contributed by atoms with Crippen LogP contribution in [0.25, 0.3) is 98.8 Å². The van der Waals surface area contributed by atoms with E-state index >= 15 is 0 Å². The summed E-state index contributed by atoms with van der Waals surface area (Å²) in [6.07, 6.45) is 0. The number of hydrogen-bond donors (Lipinski definition) is 0. The van der Waals surface area contributed by atoms with Gasteiger partial charge in [0.15, 0.2) is 0 Å². The lowest BCUT2D eigenvalue weighted by Crippen LogP contribution is -1.97. The van der Waals surface area contributed by atoms with E-state index in [0.29, 0.717) is 0 Å². The first kappa shape index (κ1) is 24.2. The van der Waals surface area contributed by atoms with E-state index in [1.807, 2.05) is 0 Å². The Balaban J connectivity index is 1.29. The molecule has 0 saturated carbocycles. The second-order valence-corrected chi connectivity index (χ2v) is 12.5. The minimum absolute atomic E-state index is 1.17. The summed E-state index contributed by atoms with van der Waals surface area (Å²) in [5.74, 6) is 0. The van der Waals surface area contributed by atoms with Crippen molar-refractivity contribution in [2.24, 2.45) is 0 Å². The maximum Gasteiger partial charge on any atom is 0.0625 e. The number of hydrogen-bond acceptors (Lipinski definition) is 0. The van der Waals surface area contributed by atoms with E-state index in [4.69, 9.17) is 0 Å². The van der Waals surface area contributed by atoms with Crippen molar-refractivity contribution in [3.63, 3.8) is 0 Å². The molecule has 0 spiro atoms. The van der Waals surface area contributed by atoms with Crippen molar-refractivity contribution in [3.8, 4) is 33.6 Å². The molecule has 0 radical (unpaired) electrons. The van der Waals surface area contributed by atoms with Crippen LogP contribution in [0.15, 0.2) is 158 Å². The van der Waals surface area contributed by atoms with Crippen LogP contribution in [0.4, 0.5) is 0 Å². The molecule has 2 nitrogen and oxygen atoms in total. The van der Waals surface area contributed by atoms with E-state index in [9.17, 15) is 0 Å². The van der Waals surface area contributed by atoms with Crippen LogP contribution in [0.1, 0.15) is 0 Å². The van der Waals surface area contributed by atoms with Crippen molar-refractivity contribution in [2.75, 3.05) is 0 Å². The predicted octanol–water partition coefficient (Wildman–Crippen LogP) is 11.8. The van der Waals surface area contributed by atoms with Gasteiger partial charge in [0.25, 0.3) is 0 Å². The fourth-order valence-corrected chi connectivity index (χ4v) is 8.35. The van der Waals surface area contributed by atoms with Gasteiger partial charge < -0.3 is 9.13 Å². The summed E-state index contributed by atoms with van der Waals surface area (Å²) in [4.78, 5) is 0. The fourth-order valence-electron chi connectivity index (χ4n) is 8.35. The summed E-state index contributed by atoms with van der Waals surface area (Å²) in [5, 5.41) is 10.3. The molecule has 11 rings (SSSR count). The van der Waals surface area contributed by atoms with Crippen molar-refractivity contribution in [1.29, 1.82) is 0 Å². The van der Waals surface area contributed by atoms with E-state index in [-0.39, 0.29) is 0 Å². The Morgan fingerprint density at radius 1 is 0.326 bits per heavy atom. The molecule has 0 unspecified atom stereocenters. The van der Waals surface area contributed by atoms with Gasteiger partial charge in [-0.1, -0.05) is 121 Å². The molecule has 1 aliphatic rings. The maximum absolute atomic E-state index is 2.51. The summed E-state index contributed by atoms with van der Waals surface area (Å²) >= 11 is 0. The van der Waals surface area contributed by atoms with Crippen molar-refractivity contribution in [2.45, 2.75) is 0 Å². The average Bonchev–Trinajstić information content (AvgIpc) is 3.75. The van der Waals surface area contributed by atoms with Crippen LogP contribution in [0, 0.1) is 0 Å². The number of benzene rings is 8. The summed E-state index contributed by atoms with van der Waals surface area (Å²) in [7, 11) is 0. The number of para-hydroxylation sites is 2. The Bertz CT molecular complexity index is 2900. The lowest BCUT2D eigenvalue weighted by molar-refractivity contribution is 1.17. The first-order chi connectivity index (χ1) is 22.8. The second-order valence-electron chi connectivity index (χ2n) is 12.5. The molecule has 0 atom stereocenters. The molecule has 1 aliphatic carbocycles. The van der Waals surface area contributed by atoms with Gasteiger partial charge in [-0.05, 0) is 69.2 Å². The maximum atomic E-state index is 2.51. The minimum atomic E-state index is 1.17. The zero-order valence-corrected chi connectivity index (χ0v) is 24.9. The van der Waals surface area contributed by atoms with Gasteiger partial charge >= 0.3 is 0 Å². The number of fused-ring (bicyclic) bond motifs is 12. The standard InChI is InChI=1S/C44H26N2/c1-2-13-29(14-3-1)45-40-25-21-30(26-38(40)36-22-20-27-10-4-5-15-31(27)43(36)45)46-39-19-7-6-16-32(39)35-24-23-34-33-17-8-11-28-12-9-18-37(41(28)33)42(34)44(35)46/h1-26H. The molecule has 212 valence electrons. The lowest BCUT2D eigenvalue weighted by Gasteiger charge is -2.13. The Kier molecular flexibility index (Phi) is 4.61. The van der Waals surface area contributed by atoms with Gasteiger partial charge in [-0.2, -0.15) is 0 Å². The number of aromatic nitrogens is 2.